The summed E-state index contributed by atoms with van der Waals surface area (Å²) in [6.45, 7) is 0. The molecule has 1 aromatic carbocycles. The summed E-state index contributed by atoms with van der Waals surface area (Å²) < 4.78 is 1.57. The van der Waals surface area contributed by atoms with E-state index < -0.39 is 0 Å². The third-order valence-electron chi connectivity index (χ3n) is 2.22. The number of amides is 1. The fourth-order valence-electron chi connectivity index (χ4n) is 1.36. The molecule has 0 atom stereocenters. The maximum Gasteiger partial charge on any atom is 0.257 e. The molecular formula is C12H7Br2ClN2O. The Balaban J connectivity index is 2.30. The van der Waals surface area contributed by atoms with Gasteiger partial charge in [-0.1, -0.05) is 17.7 Å². The molecule has 2 aromatic rings. The number of rotatable bonds is 2. The highest BCUT2D eigenvalue weighted by Gasteiger charge is 2.13. The molecule has 0 bridgehead atoms. The molecule has 0 radical (unpaired) electrons. The number of nitrogens with zero attached hydrogens (tertiary/aromatic N) is 1. The van der Waals surface area contributed by atoms with Gasteiger partial charge in [0.2, 0.25) is 0 Å². The third-order valence-corrected chi connectivity index (χ3v) is 3.84. The molecule has 92 valence electrons. The molecule has 3 nitrogen and oxygen atoms in total. The molecule has 1 aromatic heterocycles. The second-order valence-corrected chi connectivity index (χ2v) is 5.52. The van der Waals surface area contributed by atoms with Crippen LogP contribution in [0.15, 0.2) is 45.6 Å². The van der Waals surface area contributed by atoms with Crippen molar-refractivity contribution >= 4 is 55.1 Å². The van der Waals surface area contributed by atoms with Crippen molar-refractivity contribution in [3.63, 3.8) is 0 Å². The predicted molar refractivity (Wildman–Crippen MR) is 79.0 cm³/mol. The Kier molecular flexibility index (Phi) is 4.37. The van der Waals surface area contributed by atoms with Crippen molar-refractivity contribution in [2.75, 3.05) is 5.32 Å². The van der Waals surface area contributed by atoms with Gasteiger partial charge in [-0.15, -0.1) is 0 Å². The number of pyridine rings is 1. The molecule has 0 aliphatic carbocycles. The fourth-order valence-corrected chi connectivity index (χ4v) is 2.76. The highest BCUT2D eigenvalue weighted by atomic mass is 79.9. The van der Waals surface area contributed by atoms with Crippen molar-refractivity contribution in [3.05, 3.63) is 56.2 Å². The highest BCUT2D eigenvalue weighted by Crippen LogP contribution is 2.31. The lowest BCUT2D eigenvalue weighted by molar-refractivity contribution is 0.102. The summed E-state index contributed by atoms with van der Waals surface area (Å²) in [5.74, 6) is -0.282. The molecule has 18 heavy (non-hydrogen) atoms. The van der Waals surface area contributed by atoms with Crippen molar-refractivity contribution in [2.45, 2.75) is 0 Å². The Morgan fingerprint density at radius 2 is 1.89 bits per heavy atom. The monoisotopic (exact) mass is 388 g/mol. The van der Waals surface area contributed by atoms with Crippen molar-refractivity contribution in [3.8, 4) is 0 Å². The highest BCUT2D eigenvalue weighted by molar-refractivity contribution is 9.11. The summed E-state index contributed by atoms with van der Waals surface area (Å²) >= 11 is 12.7. The van der Waals surface area contributed by atoms with E-state index in [9.17, 15) is 4.79 Å². The summed E-state index contributed by atoms with van der Waals surface area (Å²) in [4.78, 5) is 15.9. The molecule has 0 spiro atoms. The maximum atomic E-state index is 12.1. The lowest BCUT2D eigenvalue weighted by Crippen LogP contribution is -2.13. The zero-order valence-corrected chi connectivity index (χ0v) is 12.9. The minimum atomic E-state index is -0.282. The molecule has 2 rings (SSSR count). The normalized spacial score (nSPS) is 10.2. The summed E-state index contributed by atoms with van der Waals surface area (Å²) in [6.07, 6.45) is 2.96. The third kappa shape index (κ3) is 2.91. The summed E-state index contributed by atoms with van der Waals surface area (Å²) in [7, 11) is 0. The standard InChI is InChI=1S/C12H7Br2ClN2O/c13-8-2-1-3-9(14)11(8)17-12(18)7-4-5-16-6-10(7)15/h1-6H,(H,17,18). The van der Waals surface area contributed by atoms with Crippen LogP contribution in [0.2, 0.25) is 5.02 Å². The lowest BCUT2D eigenvalue weighted by atomic mass is 10.2. The van der Waals surface area contributed by atoms with E-state index in [4.69, 9.17) is 11.6 Å². The Morgan fingerprint density at radius 1 is 1.22 bits per heavy atom. The van der Waals surface area contributed by atoms with Crippen LogP contribution in [0, 0.1) is 0 Å². The van der Waals surface area contributed by atoms with E-state index in [0.29, 0.717) is 16.3 Å². The summed E-state index contributed by atoms with van der Waals surface area (Å²) in [5, 5.41) is 3.11. The number of hydrogen-bond donors (Lipinski definition) is 1. The number of aromatic nitrogens is 1. The van der Waals surface area contributed by atoms with Gasteiger partial charge in [-0.05, 0) is 50.1 Å². The quantitative estimate of drug-likeness (QED) is 0.820. The number of nitrogens with one attached hydrogen (secondary N) is 1. The smallest absolute Gasteiger partial charge is 0.257 e. The first-order valence-electron chi connectivity index (χ1n) is 4.94. The number of carbonyl (C=O) groups is 1. The van der Waals surface area contributed by atoms with Crippen LogP contribution < -0.4 is 5.32 Å². The first-order valence-corrected chi connectivity index (χ1v) is 6.91. The first kappa shape index (κ1) is 13.5. The minimum Gasteiger partial charge on any atom is -0.320 e. The largest absolute Gasteiger partial charge is 0.320 e. The van der Waals surface area contributed by atoms with Crippen molar-refractivity contribution in [1.29, 1.82) is 0 Å². The van der Waals surface area contributed by atoms with Gasteiger partial charge in [0.25, 0.3) is 5.91 Å². The van der Waals surface area contributed by atoms with E-state index in [0.717, 1.165) is 8.95 Å². The Labute approximate surface area is 126 Å². The molecule has 0 unspecified atom stereocenters. The van der Waals surface area contributed by atoms with E-state index in [1.165, 1.54) is 12.4 Å². The predicted octanol–water partition coefficient (Wildman–Crippen LogP) is 4.51. The molecule has 0 saturated heterocycles. The van der Waals surface area contributed by atoms with E-state index in [1.807, 2.05) is 18.2 Å². The van der Waals surface area contributed by atoms with Crippen molar-refractivity contribution < 1.29 is 4.79 Å². The topological polar surface area (TPSA) is 42.0 Å². The van der Waals surface area contributed by atoms with Crippen LogP contribution in [0.1, 0.15) is 10.4 Å². The van der Waals surface area contributed by atoms with Gasteiger partial charge in [0.05, 0.1) is 16.3 Å². The van der Waals surface area contributed by atoms with Crippen molar-refractivity contribution in [1.82, 2.24) is 4.98 Å². The van der Waals surface area contributed by atoms with E-state index in [1.54, 1.807) is 6.07 Å². The number of para-hydroxylation sites is 1. The van der Waals surface area contributed by atoms with Gasteiger partial charge in [0.15, 0.2) is 0 Å². The van der Waals surface area contributed by atoms with Crippen LogP contribution in [0.25, 0.3) is 0 Å². The minimum absolute atomic E-state index is 0.282. The van der Waals surface area contributed by atoms with E-state index >= 15 is 0 Å². The van der Waals surface area contributed by atoms with Gasteiger partial charge in [-0.25, -0.2) is 0 Å². The Morgan fingerprint density at radius 3 is 2.50 bits per heavy atom. The molecule has 0 fully saturated rings. The first-order chi connectivity index (χ1) is 8.59. The Bertz CT molecular complexity index is 584. The second-order valence-electron chi connectivity index (χ2n) is 3.41. The van der Waals surface area contributed by atoms with E-state index in [-0.39, 0.29) is 5.91 Å². The van der Waals surface area contributed by atoms with Gasteiger partial charge >= 0.3 is 0 Å². The SMILES string of the molecule is O=C(Nc1c(Br)cccc1Br)c1ccncc1Cl. The number of halogens is 3. The van der Waals surface area contributed by atoms with Gasteiger partial charge in [0.1, 0.15) is 0 Å². The second kappa shape index (κ2) is 5.82. The van der Waals surface area contributed by atoms with Crippen LogP contribution in [0.3, 0.4) is 0 Å². The zero-order chi connectivity index (χ0) is 13.1. The van der Waals surface area contributed by atoms with E-state index in [2.05, 4.69) is 42.2 Å². The average Bonchev–Trinajstić information content (AvgIpc) is 2.34. The summed E-state index contributed by atoms with van der Waals surface area (Å²) in [5.41, 5.74) is 1.05. The van der Waals surface area contributed by atoms with Crippen LogP contribution in [0.5, 0.6) is 0 Å². The molecule has 0 aliphatic rings. The average molecular weight is 390 g/mol. The van der Waals surface area contributed by atoms with Gasteiger partial charge < -0.3 is 5.32 Å². The van der Waals surface area contributed by atoms with Gasteiger partial charge in [0, 0.05) is 21.3 Å². The molecule has 0 saturated carbocycles. The number of benzene rings is 1. The molecular weight excluding hydrogens is 383 g/mol. The molecule has 1 heterocycles. The van der Waals surface area contributed by atoms with Crippen LogP contribution in [0.4, 0.5) is 5.69 Å². The van der Waals surface area contributed by atoms with Crippen LogP contribution >= 0.6 is 43.5 Å². The van der Waals surface area contributed by atoms with Crippen molar-refractivity contribution in [2.24, 2.45) is 0 Å². The Hall–Kier alpha value is -0.910. The van der Waals surface area contributed by atoms with Gasteiger partial charge in [-0.2, -0.15) is 0 Å². The number of carbonyl (C=O) groups excluding carboxylic acids is 1. The lowest BCUT2D eigenvalue weighted by Gasteiger charge is -2.10. The molecule has 1 N–H and O–H groups in total. The fraction of sp³-hybridized carbons (Fsp3) is 0. The molecule has 6 heteroatoms. The summed E-state index contributed by atoms with van der Waals surface area (Å²) in [6, 6.07) is 7.12. The molecule has 1 amide bonds. The van der Waals surface area contributed by atoms with Gasteiger partial charge in [-0.3, -0.25) is 9.78 Å². The number of hydrogen-bond acceptors (Lipinski definition) is 2. The van der Waals surface area contributed by atoms with Crippen LogP contribution in [-0.2, 0) is 0 Å². The zero-order valence-electron chi connectivity index (χ0n) is 8.95. The number of anilines is 1. The molecule has 0 aliphatic heterocycles. The maximum absolute atomic E-state index is 12.1. The van der Waals surface area contributed by atoms with Crippen LogP contribution in [-0.4, -0.2) is 10.9 Å².